The van der Waals surface area contributed by atoms with Crippen molar-refractivity contribution in [1.82, 2.24) is 4.90 Å². The maximum atomic E-state index is 13.1. The molecule has 0 radical (unpaired) electrons. The van der Waals surface area contributed by atoms with E-state index in [4.69, 9.17) is 14.2 Å². The van der Waals surface area contributed by atoms with E-state index in [2.05, 4.69) is 19.1 Å². The van der Waals surface area contributed by atoms with Gasteiger partial charge < -0.3 is 19.1 Å². The second-order valence-electron chi connectivity index (χ2n) is 7.17. The minimum atomic E-state index is -0.474. The van der Waals surface area contributed by atoms with Crippen LogP contribution >= 0.6 is 0 Å². The summed E-state index contributed by atoms with van der Waals surface area (Å²) in [6.45, 7) is 5.04. The predicted octanol–water partition coefficient (Wildman–Crippen LogP) is 3.55. The van der Waals surface area contributed by atoms with E-state index in [-0.39, 0.29) is 5.91 Å². The highest BCUT2D eigenvalue weighted by atomic mass is 16.7. The Hall–Kier alpha value is -2.37. The molecule has 2 aliphatic rings. The van der Waals surface area contributed by atoms with E-state index < -0.39 is 5.79 Å². The van der Waals surface area contributed by atoms with Gasteiger partial charge in [-0.1, -0.05) is 42.0 Å². The quantitative estimate of drug-likeness (QED) is 0.829. The Morgan fingerprint density at radius 2 is 1.81 bits per heavy atom. The molecule has 0 atom stereocenters. The van der Waals surface area contributed by atoms with Crippen molar-refractivity contribution >= 4 is 5.91 Å². The van der Waals surface area contributed by atoms with Gasteiger partial charge in [-0.05, 0) is 24.6 Å². The Bertz CT molecular complexity index is 803. The maximum absolute atomic E-state index is 13.1. The van der Waals surface area contributed by atoms with Gasteiger partial charge in [-0.3, -0.25) is 4.79 Å². The number of nitrogens with zero attached hydrogens (tertiary/aromatic N) is 1. The number of piperidine rings is 1. The normalized spacial score (nSPS) is 18.6. The second-order valence-corrected chi connectivity index (χ2v) is 7.17. The summed E-state index contributed by atoms with van der Waals surface area (Å²) < 4.78 is 17.5. The highest BCUT2D eigenvalue weighted by Crippen LogP contribution is 2.32. The number of rotatable bonds is 4. The Morgan fingerprint density at radius 3 is 2.56 bits per heavy atom. The van der Waals surface area contributed by atoms with Crippen molar-refractivity contribution in [3.8, 4) is 5.75 Å². The molecule has 0 unspecified atom stereocenters. The molecule has 2 aliphatic heterocycles. The molecule has 2 fully saturated rings. The number of likely N-dealkylation sites (tertiary alicyclic amines) is 1. The zero-order valence-corrected chi connectivity index (χ0v) is 15.6. The molecule has 1 amide bonds. The first-order chi connectivity index (χ1) is 13.2. The summed E-state index contributed by atoms with van der Waals surface area (Å²) in [5.41, 5.74) is 2.89. The molecule has 1 spiro atoms. The first-order valence-corrected chi connectivity index (χ1v) is 9.50. The van der Waals surface area contributed by atoms with Gasteiger partial charge in [-0.25, -0.2) is 0 Å². The Kier molecular flexibility index (Phi) is 5.14. The van der Waals surface area contributed by atoms with Crippen molar-refractivity contribution in [3.05, 3.63) is 65.2 Å². The molecular weight excluding hydrogens is 342 g/mol. The third-order valence-electron chi connectivity index (χ3n) is 5.22. The number of carbonyl (C=O) groups is 1. The van der Waals surface area contributed by atoms with E-state index in [0.29, 0.717) is 57.1 Å². The van der Waals surface area contributed by atoms with Gasteiger partial charge in [0.2, 0.25) is 0 Å². The van der Waals surface area contributed by atoms with Crippen LogP contribution < -0.4 is 4.74 Å². The van der Waals surface area contributed by atoms with Crippen molar-refractivity contribution in [2.75, 3.05) is 26.3 Å². The van der Waals surface area contributed by atoms with Crippen molar-refractivity contribution in [3.63, 3.8) is 0 Å². The van der Waals surface area contributed by atoms with Crippen LogP contribution in [0.25, 0.3) is 0 Å². The van der Waals surface area contributed by atoms with Crippen LogP contribution in [-0.4, -0.2) is 42.9 Å². The van der Waals surface area contributed by atoms with Gasteiger partial charge in [0.1, 0.15) is 12.4 Å². The lowest BCUT2D eigenvalue weighted by Crippen LogP contribution is -2.47. The topological polar surface area (TPSA) is 48.0 Å². The van der Waals surface area contributed by atoms with Gasteiger partial charge in [0.05, 0.1) is 18.8 Å². The lowest BCUT2D eigenvalue weighted by molar-refractivity contribution is -0.181. The third kappa shape index (κ3) is 3.99. The van der Waals surface area contributed by atoms with Crippen LogP contribution in [-0.2, 0) is 16.1 Å². The largest absolute Gasteiger partial charge is 0.488 e. The first kappa shape index (κ1) is 18.0. The molecule has 4 rings (SSSR count). The number of aryl methyl sites for hydroxylation is 1. The lowest BCUT2D eigenvalue weighted by atomic mass is 10.0. The standard InChI is InChI=1S/C22H25NO4/c1-17-5-4-6-18(15-17)16-25-20-8-3-2-7-19(20)21(24)23-11-9-22(10-12-23)26-13-14-27-22/h2-8,15H,9-14,16H2,1H3. The number of para-hydroxylation sites is 1. The fourth-order valence-corrected chi connectivity index (χ4v) is 3.74. The van der Waals surface area contributed by atoms with Crippen molar-refractivity contribution < 1.29 is 19.0 Å². The molecule has 2 saturated heterocycles. The van der Waals surface area contributed by atoms with E-state index >= 15 is 0 Å². The number of ether oxygens (including phenoxy) is 3. The number of benzene rings is 2. The van der Waals surface area contributed by atoms with Crippen LogP contribution in [0.2, 0.25) is 0 Å². The van der Waals surface area contributed by atoms with Gasteiger partial charge in [0.15, 0.2) is 5.79 Å². The van der Waals surface area contributed by atoms with Gasteiger partial charge >= 0.3 is 0 Å². The minimum absolute atomic E-state index is 0.00249. The zero-order chi connectivity index (χ0) is 18.7. The molecule has 2 heterocycles. The average Bonchev–Trinajstić information content (AvgIpc) is 3.15. The van der Waals surface area contributed by atoms with E-state index in [1.54, 1.807) is 0 Å². The third-order valence-corrected chi connectivity index (χ3v) is 5.22. The molecule has 142 valence electrons. The summed E-state index contributed by atoms with van der Waals surface area (Å²) in [6, 6.07) is 15.7. The minimum Gasteiger partial charge on any atom is -0.488 e. The molecule has 5 nitrogen and oxygen atoms in total. The highest BCUT2D eigenvalue weighted by molar-refractivity contribution is 5.97. The van der Waals surface area contributed by atoms with Gasteiger partial charge in [-0.15, -0.1) is 0 Å². The molecule has 27 heavy (non-hydrogen) atoms. The van der Waals surface area contributed by atoms with Crippen molar-refractivity contribution in [2.24, 2.45) is 0 Å². The van der Waals surface area contributed by atoms with Crippen LogP contribution in [0.3, 0.4) is 0 Å². The summed E-state index contributed by atoms with van der Waals surface area (Å²) >= 11 is 0. The highest BCUT2D eigenvalue weighted by Gasteiger charge is 2.41. The molecule has 2 aromatic carbocycles. The maximum Gasteiger partial charge on any atom is 0.257 e. The molecule has 2 aromatic rings. The number of amides is 1. The summed E-state index contributed by atoms with van der Waals surface area (Å²) in [6.07, 6.45) is 1.43. The van der Waals surface area contributed by atoms with Crippen LogP contribution in [0.15, 0.2) is 48.5 Å². The fourth-order valence-electron chi connectivity index (χ4n) is 3.74. The Morgan fingerprint density at radius 1 is 1.07 bits per heavy atom. The SMILES string of the molecule is Cc1cccc(COc2ccccc2C(=O)N2CCC3(CC2)OCCO3)c1. The fraction of sp³-hybridized carbons (Fsp3) is 0.409. The monoisotopic (exact) mass is 367 g/mol. The van der Waals surface area contributed by atoms with E-state index in [1.165, 1.54) is 5.56 Å². The van der Waals surface area contributed by atoms with E-state index in [1.807, 2.05) is 41.3 Å². The number of hydrogen-bond donors (Lipinski definition) is 0. The number of hydrogen-bond acceptors (Lipinski definition) is 4. The summed E-state index contributed by atoms with van der Waals surface area (Å²) in [5.74, 6) is 0.151. The van der Waals surface area contributed by atoms with Crippen LogP contribution in [0.4, 0.5) is 0 Å². The second kappa shape index (κ2) is 7.71. The molecule has 0 N–H and O–H groups in total. The molecule has 5 heteroatoms. The van der Waals surface area contributed by atoms with Gasteiger partial charge in [0.25, 0.3) is 5.91 Å². The van der Waals surface area contributed by atoms with E-state index in [9.17, 15) is 4.79 Å². The molecule has 0 aromatic heterocycles. The van der Waals surface area contributed by atoms with Crippen LogP contribution in [0, 0.1) is 6.92 Å². The Labute approximate surface area is 159 Å². The Balaban J connectivity index is 1.43. The summed E-state index contributed by atoms with van der Waals surface area (Å²) in [4.78, 5) is 14.9. The van der Waals surface area contributed by atoms with Crippen LogP contribution in [0.5, 0.6) is 5.75 Å². The first-order valence-electron chi connectivity index (χ1n) is 9.50. The number of carbonyl (C=O) groups excluding carboxylic acids is 1. The van der Waals surface area contributed by atoms with Gasteiger partial charge in [0, 0.05) is 25.9 Å². The van der Waals surface area contributed by atoms with E-state index in [0.717, 1.165) is 5.56 Å². The average molecular weight is 367 g/mol. The molecule has 0 aliphatic carbocycles. The molecule has 0 bridgehead atoms. The van der Waals surface area contributed by atoms with Crippen molar-refractivity contribution in [1.29, 1.82) is 0 Å². The lowest BCUT2D eigenvalue weighted by Gasteiger charge is -2.37. The summed E-state index contributed by atoms with van der Waals surface area (Å²) in [5, 5.41) is 0. The predicted molar refractivity (Wildman–Crippen MR) is 102 cm³/mol. The van der Waals surface area contributed by atoms with Gasteiger partial charge in [-0.2, -0.15) is 0 Å². The summed E-state index contributed by atoms with van der Waals surface area (Å²) in [7, 11) is 0. The van der Waals surface area contributed by atoms with Crippen molar-refractivity contribution in [2.45, 2.75) is 32.2 Å². The zero-order valence-electron chi connectivity index (χ0n) is 15.6. The van der Waals surface area contributed by atoms with Crippen LogP contribution in [0.1, 0.15) is 34.3 Å². The molecule has 0 saturated carbocycles. The smallest absolute Gasteiger partial charge is 0.257 e. The molecular formula is C22H25NO4.